The minimum absolute atomic E-state index is 0.00460. The maximum absolute atomic E-state index is 14.1. The number of carbonyl (C=O) groups excluding carboxylic acids is 1. The van der Waals surface area contributed by atoms with Crippen molar-refractivity contribution in [3.63, 3.8) is 0 Å². The Labute approximate surface area is 201 Å². The lowest BCUT2D eigenvalue weighted by atomic mass is 9.93. The van der Waals surface area contributed by atoms with Crippen LogP contribution in [-0.2, 0) is 19.4 Å². The van der Waals surface area contributed by atoms with Crippen LogP contribution in [0.5, 0.6) is 17.2 Å². The summed E-state index contributed by atoms with van der Waals surface area (Å²) in [5.41, 5.74) is 0.701. The quantitative estimate of drug-likeness (QED) is 0.587. The summed E-state index contributed by atoms with van der Waals surface area (Å²) in [5.74, 6) is 1.40. The van der Waals surface area contributed by atoms with Crippen LogP contribution >= 0.6 is 0 Å². The molecule has 0 spiro atoms. The van der Waals surface area contributed by atoms with Gasteiger partial charge in [-0.15, -0.1) is 0 Å². The molecule has 0 saturated heterocycles. The van der Waals surface area contributed by atoms with Crippen LogP contribution in [0.2, 0.25) is 0 Å². The lowest BCUT2D eigenvalue weighted by Gasteiger charge is -2.31. The van der Waals surface area contributed by atoms with E-state index < -0.39 is 20.0 Å². The number of hydrogen-bond acceptors (Lipinski definition) is 6. The van der Waals surface area contributed by atoms with E-state index in [0.717, 1.165) is 12.8 Å². The molecule has 1 fully saturated rings. The van der Waals surface area contributed by atoms with Crippen molar-refractivity contribution in [2.24, 2.45) is 5.41 Å². The number of carbonyl (C=O) groups is 1. The summed E-state index contributed by atoms with van der Waals surface area (Å²) in [4.78, 5) is 15.0. The van der Waals surface area contributed by atoms with Gasteiger partial charge in [0.05, 0.1) is 30.2 Å². The van der Waals surface area contributed by atoms with Crippen LogP contribution in [0.4, 0.5) is 5.69 Å². The Kier molecular flexibility index (Phi) is 6.31. The molecular weight excluding hydrogens is 454 g/mol. The Morgan fingerprint density at radius 1 is 1.00 bits per heavy atom. The number of nitrogens with zero attached hydrogens (tertiary/aromatic N) is 1. The van der Waals surface area contributed by atoms with Crippen molar-refractivity contribution in [2.75, 3.05) is 32.3 Å². The van der Waals surface area contributed by atoms with Gasteiger partial charge in [-0.3, -0.25) is 4.79 Å². The molecule has 1 amide bonds. The molecule has 0 atom stereocenters. The van der Waals surface area contributed by atoms with Crippen LogP contribution in [0.25, 0.3) is 0 Å². The average Bonchev–Trinajstić information content (AvgIpc) is 3.32. The average molecular weight is 488 g/mol. The zero-order valence-electron chi connectivity index (χ0n) is 20.5. The topological polar surface area (TPSA) is 82.1 Å². The van der Waals surface area contributed by atoms with Crippen LogP contribution in [0.15, 0.2) is 41.3 Å². The highest BCUT2D eigenvalue weighted by atomic mass is 32.2. The Morgan fingerprint density at radius 3 is 2.29 bits per heavy atom. The Morgan fingerprint density at radius 2 is 1.68 bits per heavy atom. The zero-order chi connectivity index (χ0) is 24.7. The van der Waals surface area contributed by atoms with E-state index in [2.05, 4.69) is 0 Å². The normalized spacial score (nSPS) is 19.2. The van der Waals surface area contributed by atoms with Gasteiger partial charge in [-0.05, 0) is 63.4 Å². The number of methoxy groups -OCH3 is 2. The molecule has 0 aromatic heterocycles. The van der Waals surface area contributed by atoms with Gasteiger partial charge in [0.15, 0.2) is 21.3 Å². The molecule has 2 aliphatic rings. The van der Waals surface area contributed by atoms with Crippen molar-refractivity contribution in [3.8, 4) is 17.2 Å². The first kappa shape index (κ1) is 24.4. The van der Waals surface area contributed by atoms with Crippen molar-refractivity contribution >= 4 is 21.4 Å². The van der Waals surface area contributed by atoms with Gasteiger partial charge in [-0.25, -0.2) is 8.42 Å². The fraction of sp³-hybridized carbons (Fsp3) is 0.500. The second kappa shape index (κ2) is 8.80. The predicted molar refractivity (Wildman–Crippen MR) is 131 cm³/mol. The van der Waals surface area contributed by atoms with Gasteiger partial charge in [0.25, 0.3) is 0 Å². The molecule has 34 heavy (non-hydrogen) atoms. The van der Waals surface area contributed by atoms with Gasteiger partial charge in [0, 0.05) is 12.6 Å². The molecule has 0 radical (unpaired) electrons. The van der Waals surface area contributed by atoms with Crippen molar-refractivity contribution < 1.29 is 27.4 Å². The molecule has 7 nitrogen and oxygen atoms in total. The first-order chi connectivity index (χ1) is 16.1. The molecule has 2 aromatic carbocycles. The molecular formula is C26H33NO6S. The highest BCUT2D eigenvalue weighted by Gasteiger charge is 2.49. The van der Waals surface area contributed by atoms with Crippen LogP contribution in [0.3, 0.4) is 0 Å². The lowest BCUT2D eigenvalue weighted by molar-refractivity contribution is -0.127. The molecule has 0 unspecified atom stereocenters. The van der Waals surface area contributed by atoms with Crippen molar-refractivity contribution in [1.82, 2.24) is 0 Å². The summed E-state index contributed by atoms with van der Waals surface area (Å²) in [5, 5.41) is 0. The second-order valence-electron chi connectivity index (χ2n) is 9.63. The van der Waals surface area contributed by atoms with Gasteiger partial charge in [0.1, 0.15) is 17.1 Å². The molecule has 4 rings (SSSR count). The maximum atomic E-state index is 14.1. The van der Waals surface area contributed by atoms with Crippen molar-refractivity contribution in [2.45, 2.75) is 56.1 Å². The standard InChI is InChI=1S/C26H33NO6S/c1-6-27-20-11-9-18(15-22(20)33-17-25(2,3)24(27)28)26(13-7-8-14-26)34(29,30)19-10-12-21(31-4)23(16-19)32-5/h9-12,15-16H,6-8,13-14,17H2,1-5H3. The number of ether oxygens (including phenoxy) is 3. The number of benzene rings is 2. The fourth-order valence-corrected chi connectivity index (χ4v) is 7.34. The lowest BCUT2D eigenvalue weighted by Crippen LogP contribution is -2.42. The summed E-state index contributed by atoms with van der Waals surface area (Å²) in [7, 11) is -0.760. The smallest absolute Gasteiger partial charge is 0.236 e. The summed E-state index contributed by atoms with van der Waals surface area (Å²) in [6.45, 7) is 6.40. The van der Waals surface area contributed by atoms with Crippen LogP contribution in [0, 0.1) is 5.41 Å². The van der Waals surface area contributed by atoms with Gasteiger partial charge in [-0.1, -0.05) is 18.9 Å². The number of hydrogen-bond donors (Lipinski definition) is 0. The van der Waals surface area contributed by atoms with E-state index >= 15 is 0 Å². The first-order valence-corrected chi connectivity index (χ1v) is 13.2. The van der Waals surface area contributed by atoms with E-state index in [1.807, 2.05) is 39.0 Å². The molecule has 0 bridgehead atoms. The van der Waals surface area contributed by atoms with Gasteiger partial charge in [0.2, 0.25) is 5.91 Å². The van der Waals surface area contributed by atoms with Crippen LogP contribution < -0.4 is 19.1 Å². The summed E-state index contributed by atoms with van der Waals surface area (Å²) >= 11 is 0. The summed E-state index contributed by atoms with van der Waals surface area (Å²) < 4.78 is 44.0. The third-order valence-corrected chi connectivity index (χ3v) is 9.64. The van der Waals surface area contributed by atoms with E-state index in [-0.39, 0.29) is 17.4 Å². The Balaban J connectivity index is 1.84. The minimum Gasteiger partial charge on any atom is -0.493 e. The van der Waals surface area contributed by atoms with Gasteiger partial charge < -0.3 is 19.1 Å². The Bertz CT molecular complexity index is 1200. The number of fused-ring (bicyclic) bond motifs is 1. The van der Waals surface area contributed by atoms with E-state index in [1.165, 1.54) is 20.3 Å². The van der Waals surface area contributed by atoms with E-state index in [4.69, 9.17) is 14.2 Å². The molecule has 0 N–H and O–H groups in total. The van der Waals surface area contributed by atoms with Crippen LogP contribution in [0.1, 0.15) is 52.0 Å². The third kappa shape index (κ3) is 3.72. The number of amides is 1. The first-order valence-electron chi connectivity index (χ1n) is 11.7. The predicted octanol–water partition coefficient (Wildman–Crippen LogP) is 4.72. The molecule has 8 heteroatoms. The van der Waals surface area contributed by atoms with Crippen molar-refractivity contribution in [1.29, 1.82) is 0 Å². The molecule has 184 valence electrons. The summed E-state index contributed by atoms with van der Waals surface area (Å²) in [6.07, 6.45) is 2.67. The highest BCUT2D eigenvalue weighted by molar-refractivity contribution is 7.92. The SMILES string of the molecule is CCN1C(=O)C(C)(C)COc2cc(C3(S(=O)(=O)c4ccc(OC)c(OC)c4)CCCC3)ccc21. The molecule has 1 aliphatic heterocycles. The van der Waals surface area contributed by atoms with Gasteiger partial charge >= 0.3 is 0 Å². The van der Waals surface area contributed by atoms with E-state index in [1.54, 1.807) is 17.0 Å². The number of rotatable bonds is 6. The van der Waals surface area contributed by atoms with E-state index in [9.17, 15) is 13.2 Å². The van der Waals surface area contributed by atoms with Gasteiger partial charge in [-0.2, -0.15) is 0 Å². The zero-order valence-corrected chi connectivity index (χ0v) is 21.3. The molecule has 1 saturated carbocycles. The fourth-order valence-electron chi connectivity index (χ4n) is 5.11. The summed E-state index contributed by atoms with van der Waals surface area (Å²) in [6, 6.07) is 10.3. The van der Waals surface area contributed by atoms with Crippen LogP contribution in [-0.4, -0.2) is 41.7 Å². The highest BCUT2D eigenvalue weighted by Crippen LogP contribution is 2.51. The Hall–Kier alpha value is -2.74. The molecule has 1 aliphatic carbocycles. The molecule has 2 aromatic rings. The third-order valence-electron chi connectivity index (χ3n) is 7.10. The monoisotopic (exact) mass is 487 g/mol. The minimum atomic E-state index is -3.77. The maximum Gasteiger partial charge on any atom is 0.236 e. The number of anilines is 1. The largest absolute Gasteiger partial charge is 0.493 e. The number of sulfone groups is 1. The van der Waals surface area contributed by atoms with E-state index in [0.29, 0.717) is 47.9 Å². The second-order valence-corrected chi connectivity index (χ2v) is 11.9. The molecule has 1 heterocycles. The van der Waals surface area contributed by atoms with Crippen molar-refractivity contribution in [3.05, 3.63) is 42.0 Å².